The van der Waals surface area contributed by atoms with Crippen molar-refractivity contribution in [2.24, 2.45) is 0 Å². The Morgan fingerprint density at radius 3 is 2.12 bits per heavy atom. The van der Waals surface area contributed by atoms with Crippen LogP contribution in [0.1, 0.15) is 36.5 Å². The van der Waals surface area contributed by atoms with Crippen molar-refractivity contribution in [3.8, 4) is 5.75 Å². The standard InChI is InChI=1S/C32H36N4O4Si/c1-32(2,29(24-11-7-5-8-12-24)25-13-9-6-10-14-25)41-40-22-27(30(37)39-4)35-28-19-20-33-31(36-28)34-21-23-15-17-26(38-3)18-16-23/h5-20,27,29H,21-22H2,1-4H3,(H2,33,34,35,36)/t27-/m1/s1. The van der Waals surface area contributed by atoms with Crippen LogP contribution in [0, 0.1) is 0 Å². The second kappa shape index (κ2) is 14.4. The van der Waals surface area contributed by atoms with Crippen LogP contribution < -0.4 is 15.4 Å². The van der Waals surface area contributed by atoms with E-state index in [9.17, 15) is 4.79 Å². The van der Waals surface area contributed by atoms with Crippen molar-refractivity contribution in [2.75, 3.05) is 31.5 Å². The molecule has 0 fully saturated rings. The van der Waals surface area contributed by atoms with Crippen LogP contribution in [0.15, 0.2) is 97.2 Å². The van der Waals surface area contributed by atoms with Crippen molar-refractivity contribution < 1.29 is 18.7 Å². The minimum atomic E-state index is -0.737. The SMILES string of the molecule is COC(=O)[C@@H](CO[Si]C(C)(C)C(c1ccccc1)c1ccccc1)Nc1ccnc(NCc2ccc(OC)cc2)n1. The van der Waals surface area contributed by atoms with Crippen molar-refractivity contribution in [1.82, 2.24) is 9.97 Å². The van der Waals surface area contributed by atoms with Crippen LogP contribution in [-0.4, -0.2) is 52.6 Å². The molecule has 0 saturated carbocycles. The van der Waals surface area contributed by atoms with Gasteiger partial charge in [-0.3, -0.25) is 0 Å². The van der Waals surface area contributed by atoms with Crippen molar-refractivity contribution >= 4 is 27.5 Å². The van der Waals surface area contributed by atoms with Gasteiger partial charge in [-0.1, -0.05) is 86.6 Å². The van der Waals surface area contributed by atoms with E-state index in [1.807, 2.05) is 36.4 Å². The Bertz CT molecular complexity index is 1330. The highest BCUT2D eigenvalue weighted by Gasteiger charge is 2.34. The molecule has 4 rings (SSSR count). The van der Waals surface area contributed by atoms with Gasteiger partial charge in [0.05, 0.1) is 20.8 Å². The highest BCUT2D eigenvalue weighted by molar-refractivity contribution is 6.32. The monoisotopic (exact) mass is 568 g/mol. The summed E-state index contributed by atoms with van der Waals surface area (Å²) in [6.45, 7) is 5.06. The van der Waals surface area contributed by atoms with E-state index in [-0.39, 0.29) is 27.3 Å². The molecule has 4 aromatic rings. The van der Waals surface area contributed by atoms with Crippen molar-refractivity contribution in [1.29, 1.82) is 0 Å². The first-order valence-corrected chi connectivity index (χ1v) is 14.3. The Morgan fingerprint density at radius 2 is 1.54 bits per heavy atom. The fraction of sp³-hybridized carbons (Fsp3) is 0.281. The summed E-state index contributed by atoms with van der Waals surface area (Å²) in [5.41, 5.74) is 3.50. The van der Waals surface area contributed by atoms with Crippen LogP contribution in [0.2, 0.25) is 5.04 Å². The lowest BCUT2D eigenvalue weighted by Crippen LogP contribution is -2.37. The molecular formula is C32H36N4O4Si. The van der Waals surface area contributed by atoms with E-state index in [1.165, 1.54) is 18.2 Å². The summed E-state index contributed by atoms with van der Waals surface area (Å²) in [4.78, 5) is 21.5. The van der Waals surface area contributed by atoms with Crippen LogP contribution in [0.25, 0.3) is 0 Å². The molecule has 1 heterocycles. The topological polar surface area (TPSA) is 94.6 Å². The molecule has 8 nitrogen and oxygen atoms in total. The van der Waals surface area contributed by atoms with Gasteiger partial charge in [-0.25, -0.2) is 9.78 Å². The second-order valence-corrected chi connectivity index (χ2v) is 11.9. The minimum Gasteiger partial charge on any atom is -0.497 e. The van der Waals surface area contributed by atoms with Crippen LogP contribution >= 0.6 is 0 Å². The van der Waals surface area contributed by atoms with Gasteiger partial charge >= 0.3 is 5.97 Å². The van der Waals surface area contributed by atoms with E-state index in [4.69, 9.17) is 13.9 Å². The van der Waals surface area contributed by atoms with Gasteiger partial charge < -0.3 is 24.5 Å². The highest BCUT2D eigenvalue weighted by Crippen LogP contribution is 2.45. The second-order valence-electron chi connectivity index (χ2n) is 10.1. The van der Waals surface area contributed by atoms with Gasteiger partial charge in [0.2, 0.25) is 15.7 Å². The maximum atomic E-state index is 12.7. The molecule has 0 unspecified atom stereocenters. The van der Waals surface area contributed by atoms with Gasteiger partial charge in [0.25, 0.3) is 0 Å². The number of carbonyl (C=O) groups excluding carboxylic acids is 1. The van der Waals surface area contributed by atoms with Crippen molar-refractivity contribution in [3.05, 3.63) is 114 Å². The predicted molar refractivity (Wildman–Crippen MR) is 162 cm³/mol. The minimum absolute atomic E-state index is 0.117. The average molecular weight is 569 g/mol. The number of hydrogen-bond donors (Lipinski definition) is 2. The van der Waals surface area contributed by atoms with Gasteiger partial charge in [-0.2, -0.15) is 4.98 Å². The van der Waals surface area contributed by atoms with Crippen molar-refractivity contribution in [3.63, 3.8) is 0 Å². The van der Waals surface area contributed by atoms with E-state index in [0.717, 1.165) is 11.3 Å². The molecule has 2 radical (unpaired) electrons. The molecule has 0 saturated heterocycles. The normalized spacial score (nSPS) is 12.0. The van der Waals surface area contributed by atoms with Gasteiger partial charge in [0.1, 0.15) is 17.6 Å². The summed E-state index contributed by atoms with van der Waals surface area (Å²) in [5.74, 6) is 1.42. The summed E-state index contributed by atoms with van der Waals surface area (Å²) in [6.07, 6.45) is 1.63. The molecule has 0 amide bonds. The maximum absolute atomic E-state index is 12.7. The molecule has 3 aromatic carbocycles. The molecule has 41 heavy (non-hydrogen) atoms. The Labute approximate surface area is 244 Å². The molecule has 0 aliphatic carbocycles. The summed E-state index contributed by atoms with van der Waals surface area (Å²) >= 11 is 0. The Hall–Kier alpha value is -4.21. The zero-order valence-corrected chi connectivity index (χ0v) is 24.8. The number of nitrogens with one attached hydrogen (secondary N) is 2. The quantitative estimate of drug-likeness (QED) is 0.147. The van der Waals surface area contributed by atoms with Crippen LogP contribution in [0.5, 0.6) is 5.75 Å². The number of carbonyl (C=O) groups is 1. The third-order valence-corrected chi connectivity index (χ3v) is 7.77. The molecule has 0 aliphatic heterocycles. The first-order valence-electron chi connectivity index (χ1n) is 13.4. The largest absolute Gasteiger partial charge is 0.497 e. The predicted octanol–water partition coefficient (Wildman–Crippen LogP) is 5.72. The lowest BCUT2D eigenvalue weighted by atomic mass is 9.82. The smallest absolute Gasteiger partial charge is 0.330 e. The van der Waals surface area contributed by atoms with Gasteiger partial charge in [-0.15, -0.1) is 0 Å². The van der Waals surface area contributed by atoms with Crippen LogP contribution in [0.4, 0.5) is 11.8 Å². The number of methoxy groups -OCH3 is 2. The number of aromatic nitrogens is 2. The van der Waals surface area contributed by atoms with Crippen molar-refractivity contribution in [2.45, 2.75) is 37.4 Å². The lowest BCUT2D eigenvalue weighted by Gasteiger charge is -2.34. The number of benzene rings is 3. The molecule has 0 aliphatic rings. The van der Waals surface area contributed by atoms with Gasteiger partial charge in [-0.05, 0) is 39.9 Å². The van der Waals surface area contributed by atoms with E-state index in [1.54, 1.807) is 19.4 Å². The number of hydrogen-bond acceptors (Lipinski definition) is 8. The maximum Gasteiger partial charge on any atom is 0.330 e. The molecule has 1 aromatic heterocycles. The molecule has 9 heteroatoms. The van der Waals surface area contributed by atoms with E-state index in [2.05, 4.69) is 83.0 Å². The number of rotatable bonds is 14. The summed E-state index contributed by atoms with van der Waals surface area (Å²) < 4.78 is 16.5. The third kappa shape index (κ3) is 8.39. The van der Waals surface area contributed by atoms with E-state index >= 15 is 0 Å². The number of ether oxygens (including phenoxy) is 2. The first-order chi connectivity index (χ1) is 19.9. The Morgan fingerprint density at radius 1 is 0.902 bits per heavy atom. The first kappa shape index (κ1) is 29.8. The fourth-order valence-corrected chi connectivity index (χ4v) is 5.70. The van der Waals surface area contributed by atoms with Gasteiger partial charge in [0, 0.05) is 18.7 Å². The Balaban J connectivity index is 1.40. The van der Waals surface area contributed by atoms with E-state index < -0.39 is 12.0 Å². The zero-order chi connectivity index (χ0) is 29.1. The van der Waals surface area contributed by atoms with E-state index in [0.29, 0.717) is 18.3 Å². The molecule has 0 spiro atoms. The summed E-state index contributed by atoms with van der Waals surface area (Å²) in [6, 6.07) is 29.6. The molecule has 1 atom stereocenters. The number of esters is 1. The Kier molecular flexibility index (Phi) is 10.5. The summed E-state index contributed by atoms with van der Waals surface area (Å²) in [7, 11) is 3.12. The third-order valence-electron chi connectivity index (χ3n) is 6.65. The lowest BCUT2D eigenvalue weighted by molar-refractivity contribution is -0.142. The molecular weight excluding hydrogens is 532 g/mol. The molecule has 0 bridgehead atoms. The van der Waals surface area contributed by atoms with Crippen LogP contribution in [-0.2, 0) is 20.5 Å². The molecule has 212 valence electrons. The van der Waals surface area contributed by atoms with Gasteiger partial charge in [0.15, 0.2) is 0 Å². The number of anilines is 2. The fourth-order valence-electron chi connectivity index (χ4n) is 4.62. The average Bonchev–Trinajstić information content (AvgIpc) is 3.00. The number of nitrogens with zero attached hydrogens (tertiary/aromatic N) is 2. The highest BCUT2D eigenvalue weighted by atomic mass is 28.2. The molecule has 2 N–H and O–H groups in total. The zero-order valence-electron chi connectivity index (χ0n) is 23.8. The summed E-state index contributed by atoms with van der Waals surface area (Å²) in [5, 5.41) is 6.13. The van der Waals surface area contributed by atoms with Crippen LogP contribution in [0.3, 0.4) is 0 Å².